The van der Waals surface area contributed by atoms with Gasteiger partial charge in [-0.2, -0.15) is 0 Å². The molecule has 3 heteroatoms. The number of anilines is 1. The van der Waals surface area contributed by atoms with Crippen LogP contribution in [0.3, 0.4) is 0 Å². The molecule has 1 aliphatic carbocycles. The monoisotopic (exact) mass is 277 g/mol. The van der Waals surface area contributed by atoms with Gasteiger partial charge in [0.2, 0.25) is 0 Å². The summed E-state index contributed by atoms with van der Waals surface area (Å²) in [6.07, 6.45) is 6.61. The molecule has 1 atom stereocenters. The molecule has 0 aromatic heterocycles. The lowest BCUT2D eigenvalue weighted by Crippen LogP contribution is -2.38. The smallest absolute Gasteiger partial charge is 0.0819 e. The fourth-order valence-corrected chi connectivity index (χ4v) is 2.95. The third-order valence-electron chi connectivity index (χ3n) is 4.24. The summed E-state index contributed by atoms with van der Waals surface area (Å²) in [7, 11) is 0. The molecule has 20 heavy (non-hydrogen) atoms. The molecular weight excluding hydrogens is 250 g/mol. The van der Waals surface area contributed by atoms with Crippen LogP contribution in [-0.4, -0.2) is 22.4 Å². The van der Waals surface area contributed by atoms with Crippen molar-refractivity contribution in [3.63, 3.8) is 0 Å². The maximum atomic E-state index is 10.5. The van der Waals surface area contributed by atoms with Gasteiger partial charge in [0.1, 0.15) is 0 Å². The summed E-state index contributed by atoms with van der Waals surface area (Å²) in [4.78, 5) is 0. The number of aliphatic hydroxyl groups excluding tert-OH is 1. The second kappa shape index (κ2) is 7.09. The number of hydrogen-bond acceptors (Lipinski definition) is 3. The molecule has 0 saturated heterocycles. The lowest BCUT2D eigenvalue weighted by Gasteiger charge is -2.32. The van der Waals surface area contributed by atoms with Crippen LogP contribution < -0.4 is 5.32 Å². The highest BCUT2D eigenvalue weighted by molar-refractivity contribution is 5.46. The summed E-state index contributed by atoms with van der Waals surface area (Å²) in [5, 5.41) is 23.8. The average Bonchev–Trinajstić information content (AvgIpc) is 2.47. The summed E-state index contributed by atoms with van der Waals surface area (Å²) in [6, 6.07) is 7.91. The highest BCUT2D eigenvalue weighted by Crippen LogP contribution is 2.29. The van der Waals surface area contributed by atoms with E-state index in [2.05, 4.69) is 12.2 Å². The first-order chi connectivity index (χ1) is 9.63. The van der Waals surface area contributed by atoms with Crippen molar-refractivity contribution in [3.8, 4) is 0 Å². The number of benzene rings is 1. The Labute approximate surface area is 122 Å². The van der Waals surface area contributed by atoms with Gasteiger partial charge in [-0.25, -0.2) is 0 Å². The van der Waals surface area contributed by atoms with Gasteiger partial charge in [-0.1, -0.05) is 44.7 Å². The molecule has 1 aliphatic rings. The van der Waals surface area contributed by atoms with Crippen LogP contribution in [0.2, 0.25) is 0 Å². The van der Waals surface area contributed by atoms with Gasteiger partial charge in [-0.15, -0.1) is 0 Å². The van der Waals surface area contributed by atoms with Gasteiger partial charge in [-0.05, 0) is 37.0 Å². The Morgan fingerprint density at radius 2 is 2.00 bits per heavy atom. The van der Waals surface area contributed by atoms with E-state index in [1.807, 2.05) is 24.3 Å². The first-order valence-corrected chi connectivity index (χ1v) is 7.87. The van der Waals surface area contributed by atoms with Crippen molar-refractivity contribution in [3.05, 3.63) is 29.8 Å². The minimum absolute atomic E-state index is 0.389. The third-order valence-corrected chi connectivity index (χ3v) is 4.24. The topological polar surface area (TPSA) is 52.5 Å². The van der Waals surface area contributed by atoms with Crippen LogP contribution >= 0.6 is 0 Å². The van der Waals surface area contributed by atoms with Gasteiger partial charge in [-0.3, -0.25) is 0 Å². The summed E-state index contributed by atoms with van der Waals surface area (Å²) >= 11 is 0. The molecular formula is C17H27NO2. The van der Waals surface area contributed by atoms with Gasteiger partial charge in [0.25, 0.3) is 0 Å². The predicted molar refractivity (Wildman–Crippen MR) is 82.8 cm³/mol. The van der Waals surface area contributed by atoms with Crippen LogP contribution in [0.15, 0.2) is 24.3 Å². The number of rotatable bonds is 6. The molecule has 1 aromatic carbocycles. The minimum atomic E-state index is -0.559. The number of aliphatic hydroxyl groups is 2. The molecule has 1 fully saturated rings. The number of nitrogens with one attached hydrogen (secondary N) is 1. The lowest BCUT2D eigenvalue weighted by atomic mass is 9.85. The second-order valence-corrected chi connectivity index (χ2v) is 6.07. The van der Waals surface area contributed by atoms with Gasteiger partial charge >= 0.3 is 0 Å². The van der Waals surface area contributed by atoms with Crippen LogP contribution in [0.25, 0.3) is 0 Å². The Morgan fingerprint density at radius 3 is 2.70 bits per heavy atom. The molecule has 0 aliphatic heterocycles. The molecule has 0 amide bonds. The summed E-state index contributed by atoms with van der Waals surface area (Å²) in [5.74, 6) is 0. The first kappa shape index (κ1) is 15.3. The molecule has 3 N–H and O–H groups in total. The SMILES string of the molecule is CCCC(O)c1cccc(NCC2(O)CCCCC2)c1. The van der Waals surface area contributed by atoms with Crippen LogP contribution in [0.5, 0.6) is 0 Å². The minimum Gasteiger partial charge on any atom is -0.388 e. The molecule has 1 aromatic rings. The van der Waals surface area contributed by atoms with Gasteiger partial charge in [0.05, 0.1) is 11.7 Å². The van der Waals surface area contributed by atoms with Crippen molar-refractivity contribution in [1.82, 2.24) is 0 Å². The van der Waals surface area contributed by atoms with E-state index in [1.54, 1.807) is 0 Å². The zero-order valence-electron chi connectivity index (χ0n) is 12.4. The molecule has 0 radical (unpaired) electrons. The van der Waals surface area contributed by atoms with Crippen molar-refractivity contribution in [2.24, 2.45) is 0 Å². The van der Waals surface area contributed by atoms with E-state index in [-0.39, 0.29) is 6.10 Å². The largest absolute Gasteiger partial charge is 0.388 e. The molecule has 1 saturated carbocycles. The highest BCUT2D eigenvalue weighted by Gasteiger charge is 2.28. The standard InChI is InChI=1S/C17H27NO2/c1-2-7-16(19)14-8-6-9-15(12-14)18-13-17(20)10-4-3-5-11-17/h6,8-9,12,16,18-20H,2-5,7,10-11,13H2,1H3. The Hall–Kier alpha value is -1.06. The van der Waals surface area contributed by atoms with Crippen LogP contribution in [-0.2, 0) is 0 Å². The molecule has 0 heterocycles. The van der Waals surface area contributed by atoms with Crippen LogP contribution in [0.4, 0.5) is 5.69 Å². The van der Waals surface area contributed by atoms with Crippen molar-refractivity contribution in [2.75, 3.05) is 11.9 Å². The molecule has 2 rings (SSSR count). The van der Waals surface area contributed by atoms with Crippen LogP contribution in [0.1, 0.15) is 63.5 Å². The molecule has 0 spiro atoms. The van der Waals surface area contributed by atoms with E-state index in [1.165, 1.54) is 6.42 Å². The maximum Gasteiger partial charge on any atom is 0.0819 e. The summed E-state index contributed by atoms with van der Waals surface area (Å²) < 4.78 is 0. The van der Waals surface area contributed by atoms with Crippen molar-refractivity contribution in [1.29, 1.82) is 0 Å². The Kier molecular flexibility index (Phi) is 5.44. The fraction of sp³-hybridized carbons (Fsp3) is 0.647. The molecule has 112 valence electrons. The zero-order valence-corrected chi connectivity index (χ0v) is 12.4. The Morgan fingerprint density at radius 1 is 1.25 bits per heavy atom. The van der Waals surface area contributed by atoms with E-state index in [9.17, 15) is 10.2 Å². The first-order valence-electron chi connectivity index (χ1n) is 7.87. The van der Waals surface area contributed by atoms with Crippen LogP contribution in [0, 0.1) is 0 Å². The van der Waals surface area contributed by atoms with E-state index < -0.39 is 5.60 Å². The lowest BCUT2D eigenvalue weighted by molar-refractivity contribution is 0.0167. The third kappa shape index (κ3) is 4.22. The van der Waals surface area contributed by atoms with E-state index in [0.717, 1.165) is 49.8 Å². The van der Waals surface area contributed by atoms with Crippen molar-refractivity contribution >= 4 is 5.69 Å². The molecule has 3 nitrogen and oxygen atoms in total. The van der Waals surface area contributed by atoms with E-state index in [4.69, 9.17) is 0 Å². The van der Waals surface area contributed by atoms with Gasteiger partial charge in [0.15, 0.2) is 0 Å². The van der Waals surface area contributed by atoms with Crippen molar-refractivity contribution < 1.29 is 10.2 Å². The normalized spacial score (nSPS) is 19.6. The van der Waals surface area contributed by atoms with E-state index >= 15 is 0 Å². The Balaban J connectivity index is 1.94. The van der Waals surface area contributed by atoms with E-state index in [0.29, 0.717) is 6.54 Å². The van der Waals surface area contributed by atoms with Gasteiger partial charge in [0, 0.05) is 12.2 Å². The summed E-state index contributed by atoms with van der Waals surface area (Å²) in [5.41, 5.74) is 1.38. The van der Waals surface area contributed by atoms with Gasteiger partial charge < -0.3 is 15.5 Å². The predicted octanol–water partition coefficient (Wildman–Crippen LogP) is 3.63. The second-order valence-electron chi connectivity index (χ2n) is 6.07. The zero-order chi connectivity index (χ0) is 14.4. The fourth-order valence-electron chi connectivity index (χ4n) is 2.95. The average molecular weight is 277 g/mol. The summed E-state index contributed by atoms with van der Waals surface area (Å²) in [6.45, 7) is 2.67. The number of hydrogen-bond donors (Lipinski definition) is 3. The Bertz CT molecular complexity index is 413. The molecule has 1 unspecified atom stereocenters. The molecule has 0 bridgehead atoms. The maximum absolute atomic E-state index is 10.5. The van der Waals surface area contributed by atoms with Crippen molar-refractivity contribution in [2.45, 2.75) is 63.6 Å². The quantitative estimate of drug-likeness (QED) is 0.744. The highest BCUT2D eigenvalue weighted by atomic mass is 16.3.